The van der Waals surface area contributed by atoms with Gasteiger partial charge in [0.2, 0.25) is 0 Å². The van der Waals surface area contributed by atoms with Gasteiger partial charge in [-0.15, -0.1) is 11.3 Å². The largest absolute Gasteiger partial charge is 0.417 e. The molecule has 2 nitrogen and oxygen atoms in total. The summed E-state index contributed by atoms with van der Waals surface area (Å²) < 4.78 is 39.8. The quantitative estimate of drug-likeness (QED) is 0.688. The van der Waals surface area contributed by atoms with Crippen molar-refractivity contribution in [1.29, 1.82) is 5.26 Å². The van der Waals surface area contributed by atoms with Gasteiger partial charge in [0, 0.05) is 11.8 Å². The first-order chi connectivity index (χ1) is 9.50. The van der Waals surface area contributed by atoms with Gasteiger partial charge in [0.1, 0.15) is 10.9 Å². The molecule has 1 aromatic carbocycles. The second kappa shape index (κ2) is 4.39. The van der Waals surface area contributed by atoms with Crippen molar-refractivity contribution in [3.63, 3.8) is 0 Å². The number of hydrogen-bond acceptors (Lipinski definition) is 2. The molecule has 0 bridgehead atoms. The molecule has 6 heteroatoms. The minimum Gasteiger partial charge on any atom is -0.360 e. The van der Waals surface area contributed by atoms with Gasteiger partial charge in [0.15, 0.2) is 0 Å². The summed E-state index contributed by atoms with van der Waals surface area (Å²) in [5.41, 5.74) is 0.600. The highest BCUT2D eigenvalue weighted by Crippen LogP contribution is 2.41. The smallest absolute Gasteiger partial charge is 0.360 e. The lowest BCUT2D eigenvalue weighted by molar-refractivity contribution is -0.137. The lowest BCUT2D eigenvalue weighted by atomic mass is 10.0. The molecule has 0 aliphatic carbocycles. The molecule has 0 fully saturated rings. The summed E-state index contributed by atoms with van der Waals surface area (Å²) in [6.45, 7) is 0. The fraction of sp³-hybridized carbons (Fsp3) is 0.0714. The highest BCUT2D eigenvalue weighted by molar-refractivity contribution is 7.20. The van der Waals surface area contributed by atoms with Crippen LogP contribution in [0.2, 0.25) is 0 Å². The Kier molecular flexibility index (Phi) is 2.80. The van der Waals surface area contributed by atoms with Crippen LogP contribution in [0, 0.1) is 11.3 Å². The third-order valence-electron chi connectivity index (χ3n) is 2.98. The van der Waals surface area contributed by atoms with Crippen LogP contribution in [0.4, 0.5) is 13.2 Å². The molecule has 20 heavy (non-hydrogen) atoms. The van der Waals surface area contributed by atoms with Crippen molar-refractivity contribution in [2.45, 2.75) is 6.18 Å². The van der Waals surface area contributed by atoms with E-state index in [2.05, 4.69) is 4.98 Å². The third-order valence-corrected chi connectivity index (χ3v) is 4.05. The Labute approximate surface area is 116 Å². The number of alkyl halides is 3. The Hall–Kier alpha value is -2.26. The second-order valence-electron chi connectivity index (χ2n) is 4.21. The standard InChI is InChI=1S/C14H7F3N2S/c15-14(16,17)11-4-2-1-3-9(11)10-7-19-12-5-8(6-18)20-13(10)12/h1-5,7,19H. The van der Waals surface area contributed by atoms with Crippen LogP contribution in [0.15, 0.2) is 36.5 Å². The van der Waals surface area contributed by atoms with E-state index in [9.17, 15) is 13.2 Å². The molecule has 3 rings (SSSR count). The summed E-state index contributed by atoms with van der Waals surface area (Å²) in [6, 6.07) is 9.08. The van der Waals surface area contributed by atoms with Crippen LogP contribution < -0.4 is 0 Å². The van der Waals surface area contributed by atoms with Gasteiger partial charge in [0.05, 0.1) is 15.8 Å². The van der Waals surface area contributed by atoms with Gasteiger partial charge in [0.25, 0.3) is 0 Å². The molecule has 0 amide bonds. The van der Waals surface area contributed by atoms with Crippen molar-refractivity contribution in [1.82, 2.24) is 4.98 Å². The van der Waals surface area contributed by atoms with Crippen molar-refractivity contribution < 1.29 is 13.2 Å². The number of fused-ring (bicyclic) bond motifs is 1. The number of aromatic amines is 1. The number of nitrogens with zero attached hydrogens (tertiary/aromatic N) is 1. The lowest BCUT2D eigenvalue weighted by Gasteiger charge is -2.11. The van der Waals surface area contributed by atoms with E-state index in [0.29, 0.717) is 20.7 Å². The number of halogens is 3. The van der Waals surface area contributed by atoms with Crippen LogP contribution in [0.3, 0.4) is 0 Å². The summed E-state index contributed by atoms with van der Waals surface area (Å²) in [4.78, 5) is 3.38. The number of rotatable bonds is 1. The normalized spacial score (nSPS) is 11.7. The monoisotopic (exact) mass is 292 g/mol. The molecule has 0 aliphatic rings. The Morgan fingerprint density at radius 2 is 1.90 bits per heavy atom. The van der Waals surface area contributed by atoms with Crippen molar-refractivity contribution in [2.24, 2.45) is 0 Å². The molecule has 3 aromatic rings. The second-order valence-corrected chi connectivity index (χ2v) is 5.26. The molecular formula is C14H7F3N2S. The van der Waals surface area contributed by atoms with Crippen LogP contribution in [0.5, 0.6) is 0 Å². The average molecular weight is 292 g/mol. The van der Waals surface area contributed by atoms with Crippen LogP contribution in [0.25, 0.3) is 21.3 Å². The van der Waals surface area contributed by atoms with E-state index in [4.69, 9.17) is 5.26 Å². The summed E-state index contributed by atoms with van der Waals surface area (Å²) >= 11 is 1.19. The van der Waals surface area contributed by atoms with Gasteiger partial charge in [-0.25, -0.2) is 0 Å². The van der Waals surface area contributed by atoms with E-state index in [1.807, 2.05) is 6.07 Å². The molecule has 0 atom stereocenters. The SMILES string of the molecule is N#Cc1cc2[nH]cc(-c3ccccc3C(F)(F)F)c2s1. The molecule has 0 spiro atoms. The predicted octanol–water partition coefficient (Wildman–Crippen LogP) is 4.79. The van der Waals surface area contributed by atoms with Crippen LogP contribution >= 0.6 is 11.3 Å². The Bertz CT molecular complexity index is 821. The topological polar surface area (TPSA) is 39.6 Å². The summed E-state index contributed by atoms with van der Waals surface area (Å²) in [6.07, 6.45) is -2.86. The number of thiophene rings is 1. The molecule has 100 valence electrons. The van der Waals surface area contributed by atoms with Gasteiger partial charge < -0.3 is 4.98 Å². The summed E-state index contributed by atoms with van der Waals surface area (Å²) in [5, 5.41) is 8.87. The molecule has 0 aliphatic heterocycles. The zero-order valence-electron chi connectivity index (χ0n) is 9.95. The van der Waals surface area contributed by atoms with Crippen LogP contribution in [-0.2, 0) is 6.18 Å². The van der Waals surface area contributed by atoms with Gasteiger partial charge >= 0.3 is 6.18 Å². The lowest BCUT2D eigenvalue weighted by Crippen LogP contribution is -2.06. The summed E-state index contributed by atoms with van der Waals surface area (Å²) in [5.74, 6) is 0. The maximum Gasteiger partial charge on any atom is 0.417 e. The van der Waals surface area contributed by atoms with Crippen molar-refractivity contribution in [3.05, 3.63) is 47.0 Å². The van der Waals surface area contributed by atoms with Gasteiger partial charge in [-0.1, -0.05) is 18.2 Å². The first-order valence-electron chi connectivity index (χ1n) is 5.68. The number of hydrogen-bond donors (Lipinski definition) is 1. The highest BCUT2D eigenvalue weighted by atomic mass is 32.1. The van der Waals surface area contributed by atoms with E-state index in [-0.39, 0.29) is 5.56 Å². The zero-order valence-corrected chi connectivity index (χ0v) is 10.8. The first kappa shape index (κ1) is 12.8. The number of nitriles is 1. The molecule has 2 heterocycles. The minimum atomic E-state index is -4.41. The number of nitrogens with one attached hydrogen (secondary N) is 1. The molecule has 0 unspecified atom stereocenters. The molecule has 0 saturated carbocycles. The van der Waals surface area contributed by atoms with E-state index in [0.717, 1.165) is 6.07 Å². The van der Waals surface area contributed by atoms with Crippen LogP contribution in [0.1, 0.15) is 10.4 Å². The average Bonchev–Trinajstić information content (AvgIpc) is 2.96. The summed E-state index contributed by atoms with van der Waals surface area (Å²) in [7, 11) is 0. The fourth-order valence-electron chi connectivity index (χ4n) is 2.13. The molecule has 2 aromatic heterocycles. The predicted molar refractivity (Wildman–Crippen MR) is 71.3 cm³/mol. The minimum absolute atomic E-state index is 0.123. The Balaban J connectivity index is 2.26. The Morgan fingerprint density at radius 1 is 1.15 bits per heavy atom. The number of benzene rings is 1. The van der Waals surface area contributed by atoms with E-state index < -0.39 is 11.7 Å². The third kappa shape index (κ3) is 1.96. The van der Waals surface area contributed by atoms with Crippen molar-refractivity contribution in [3.8, 4) is 17.2 Å². The molecule has 1 N–H and O–H groups in total. The van der Waals surface area contributed by atoms with Gasteiger partial charge in [-0.05, 0) is 17.7 Å². The van der Waals surface area contributed by atoms with E-state index in [1.54, 1.807) is 18.3 Å². The van der Waals surface area contributed by atoms with Gasteiger partial charge in [-0.3, -0.25) is 0 Å². The zero-order chi connectivity index (χ0) is 14.3. The number of aromatic nitrogens is 1. The maximum absolute atomic E-state index is 13.1. The van der Waals surface area contributed by atoms with Crippen molar-refractivity contribution in [2.75, 3.05) is 0 Å². The molecule has 0 radical (unpaired) electrons. The van der Waals surface area contributed by atoms with Crippen molar-refractivity contribution >= 4 is 21.6 Å². The van der Waals surface area contributed by atoms with Gasteiger partial charge in [-0.2, -0.15) is 18.4 Å². The van der Waals surface area contributed by atoms with Crippen LogP contribution in [-0.4, -0.2) is 4.98 Å². The fourth-order valence-corrected chi connectivity index (χ4v) is 3.08. The maximum atomic E-state index is 13.1. The van der Waals surface area contributed by atoms with E-state index >= 15 is 0 Å². The molecular weight excluding hydrogens is 285 g/mol. The Morgan fingerprint density at radius 3 is 2.60 bits per heavy atom. The first-order valence-corrected chi connectivity index (χ1v) is 6.50. The van der Waals surface area contributed by atoms with E-state index in [1.165, 1.54) is 23.5 Å². The highest BCUT2D eigenvalue weighted by Gasteiger charge is 2.33. The number of H-pyrrole nitrogens is 1. The molecule has 0 saturated heterocycles.